The summed E-state index contributed by atoms with van der Waals surface area (Å²) in [7, 11) is 1.79. The highest BCUT2D eigenvalue weighted by molar-refractivity contribution is 6.23. The molecule has 0 spiro atoms. The molecule has 166 valence electrons. The van der Waals surface area contributed by atoms with Crippen molar-refractivity contribution in [3.8, 4) is 0 Å². The molecule has 0 atom stereocenters. The molecule has 2 rings (SSSR count). The molecule has 1 heterocycles. The number of aliphatic imine (C=N–C) groups is 1. The monoisotopic (exact) mass is 418 g/mol. The number of nitrogens with one attached hydrogen (secondary N) is 1. The van der Waals surface area contributed by atoms with Crippen molar-refractivity contribution in [1.82, 2.24) is 10.2 Å². The maximum absolute atomic E-state index is 12.8. The molecule has 1 aromatic heterocycles. The van der Waals surface area contributed by atoms with E-state index in [0.29, 0.717) is 5.57 Å². The molecule has 30 heavy (non-hydrogen) atoms. The van der Waals surface area contributed by atoms with Crippen molar-refractivity contribution in [2.45, 2.75) is 60.3 Å². The van der Waals surface area contributed by atoms with Crippen LogP contribution in [0.3, 0.4) is 0 Å². The SMILES string of the molecule is C=C(C)c1c(F)cccc1F.CCCC.CCCC(=NC)/C(=C\N)c1[nH]ncc1C. The third-order valence-electron chi connectivity index (χ3n) is 4.22. The Bertz CT molecular complexity index is 813. The lowest BCUT2D eigenvalue weighted by Crippen LogP contribution is -2.06. The molecule has 6 heteroatoms. The van der Waals surface area contributed by atoms with Crippen LogP contribution in [-0.4, -0.2) is 23.0 Å². The summed E-state index contributed by atoms with van der Waals surface area (Å²) >= 11 is 0. The second-order valence-electron chi connectivity index (χ2n) is 6.81. The molecule has 0 unspecified atom stereocenters. The molecule has 0 aliphatic carbocycles. The molecular weight excluding hydrogens is 382 g/mol. The third kappa shape index (κ3) is 8.72. The van der Waals surface area contributed by atoms with Gasteiger partial charge >= 0.3 is 0 Å². The highest BCUT2D eigenvalue weighted by Gasteiger charge is 2.12. The lowest BCUT2D eigenvalue weighted by molar-refractivity contribution is 0.577. The van der Waals surface area contributed by atoms with Crippen molar-refractivity contribution in [3.05, 3.63) is 65.6 Å². The fraction of sp³-hybridized carbons (Fsp3) is 0.417. The molecule has 2 aromatic rings. The molecule has 3 N–H and O–H groups in total. The summed E-state index contributed by atoms with van der Waals surface area (Å²) < 4.78 is 25.6. The molecule has 0 bridgehead atoms. The molecule has 1 aromatic carbocycles. The topological polar surface area (TPSA) is 67.1 Å². The van der Waals surface area contributed by atoms with E-state index in [0.717, 1.165) is 35.4 Å². The van der Waals surface area contributed by atoms with Gasteiger partial charge in [-0.15, -0.1) is 0 Å². The Kier molecular flexibility index (Phi) is 13.7. The number of aryl methyl sites for hydroxylation is 1. The molecule has 0 fully saturated rings. The van der Waals surface area contributed by atoms with E-state index >= 15 is 0 Å². The van der Waals surface area contributed by atoms with E-state index in [1.54, 1.807) is 26.4 Å². The van der Waals surface area contributed by atoms with Gasteiger partial charge in [-0.25, -0.2) is 8.78 Å². The van der Waals surface area contributed by atoms with Crippen LogP contribution in [-0.2, 0) is 0 Å². The number of allylic oxidation sites excluding steroid dienone is 2. The largest absolute Gasteiger partial charge is 0.404 e. The van der Waals surface area contributed by atoms with Crippen LogP contribution in [0.1, 0.15) is 70.2 Å². The number of halogens is 2. The maximum Gasteiger partial charge on any atom is 0.133 e. The van der Waals surface area contributed by atoms with Crippen LogP contribution in [0, 0.1) is 18.6 Å². The van der Waals surface area contributed by atoms with E-state index in [9.17, 15) is 8.78 Å². The van der Waals surface area contributed by atoms with E-state index in [2.05, 4.69) is 42.5 Å². The summed E-state index contributed by atoms with van der Waals surface area (Å²) in [5, 5.41) is 6.94. The Morgan fingerprint density at radius 3 is 2.03 bits per heavy atom. The highest BCUT2D eigenvalue weighted by Crippen LogP contribution is 2.19. The Morgan fingerprint density at radius 1 is 1.17 bits per heavy atom. The minimum absolute atomic E-state index is 0.0208. The van der Waals surface area contributed by atoms with Crippen LogP contribution in [0.25, 0.3) is 11.1 Å². The first kappa shape index (κ1) is 27.2. The minimum atomic E-state index is -0.558. The summed E-state index contributed by atoms with van der Waals surface area (Å²) in [5.41, 5.74) is 10.1. The summed E-state index contributed by atoms with van der Waals surface area (Å²) in [5.74, 6) is -1.12. The van der Waals surface area contributed by atoms with E-state index in [4.69, 9.17) is 5.73 Å². The van der Waals surface area contributed by atoms with Gasteiger partial charge in [-0.2, -0.15) is 5.10 Å². The average Bonchev–Trinajstić information content (AvgIpc) is 3.14. The second-order valence-corrected chi connectivity index (χ2v) is 6.81. The fourth-order valence-electron chi connectivity index (χ4n) is 2.45. The van der Waals surface area contributed by atoms with Gasteiger partial charge in [0.1, 0.15) is 11.6 Å². The van der Waals surface area contributed by atoms with Crippen molar-refractivity contribution in [3.63, 3.8) is 0 Å². The number of benzene rings is 1. The summed E-state index contributed by atoms with van der Waals surface area (Å²) in [6.45, 7) is 13.5. The number of unbranched alkanes of at least 4 members (excludes halogenated alkanes) is 1. The van der Waals surface area contributed by atoms with Crippen LogP contribution in [0.5, 0.6) is 0 Å². The summed E-state index contributed by atoms with van der Waals surface area (Å²) in [4.78, 5) is 4.27. The van der Waals surface area contributed by atoms with Crippen LogP contribution >= 0.6 is 0 Å². The van der Waals surface area contributed by atoms with Crippen molar-refractivity contribution in [2.75, 3.05) is 7.05 Å². The first-order valence-corrected chi connectivity index (χ1v) is 10.3. The average molecular weight is 419 g/mol. The van der Waals surface area contributed by atoms with Gasteiger partial charge in [0.2, 0.25) is 0 Å². The van der Waals surface area contributed by atoms with Crippen LogP contribution in [0.2, 0.25) is 0 Å². The van der Waals surface area contributed by atoms with E-state index in [-0.39, 0.29) is 5.56 Å². The van der Waals surface area contributed by atoms with Gasteiger partial charge in [-0.3, -0.25) is 10.1 Å². The lowest BCUT2D eigenvalue weighted by atomic mass is 10.0. The Balaban J connectivity index is 0.000000491. The normalized spacial score (nSPS) is 11.2. The number of nitrogens with two attached hydrogens (primary N) is 1. The van der Waals surface area contributed by atoms with Gasteiger partial charge in [0.15, 0.2) is 0 Å². The standard InChI is InChI=1S/C11H18N4.C9H8F2.C4H10/c1-4-5-10(13-3)9(6-12)11-8(2)7-14-15-11;1-6(2)9-7(10)4-3-5-8(9)11;1-3-4-2/h6-7H,4-5,12H2,1-3H3,(H,14,15);3-5H,1H2,2H3;3-4H2,1-2H3/b9-6+,13-10?;;. The first-order chi connectivity index (χ1) is 14.3. The molecule has 0 aliphatic heterocycles. The molecular formula is C24H36F2N4. The van der Waals surface area contributed by atoms with Gasteiger partial charge < -0.3 is 5.73 Å². The van der Waals surface area contributed by atoms with E-state index in [1.807, 2.05) is 6.92 Å². The number of aromatic amines is 1. The van der Waals surface area contributed by atoms with Crippen molar-refractivity contribution < 1.29 is 8.78 Å². The first-order valence-electron chi connectivity index (χ1n) is 10.3. The zero-order valence-electron chi connectivity index (χ0n) is 19.1. The Hall–Kier alpha value is -2.76. The third-order valence-corrected chi connectivity index (χ3v) is 4.22. The maximum atomic E-state index is 12.8. The molecule has 0 amide bonds. The molecule has 0 aliphatic rings. The molecule has 0 radical (unpaired) electrons. The molecule has 0 saturated carbocycles. The molecule has 0 saturated heterocycles. The van der Waals surface area contributed by atoms with E-state index < -0.39 is 11.6 Å². The van der Waals surface area contributed by atoms with Crippen molar-refractivity contribution >= 4 is 16.9 Å². The number of hydrogen-bond acceptors (Lipinski definition) is 3. The van der Waals surface area contributed by atoms with Gasteiger partial charge in [-0.05, 0) is 43.5 Å². The number of H-pyrrole nitrogens is 1. The van der Waals surface area contributed by atoms with Crippen LogP contribution in [0.4, 0.5) is 8.78 Å². The Labute approximate surface area is 180 Å². The number of nitrogens with zero attached hydrogens (tertiary/aromatic N) is 2. The highest BCUT2D eigenvalue weighted by atomic mass is 19.1. The van der Waals surface area contributed by atoms with Gasteiger partial charge in [0.25, 0.3) is 0 Å². The Morgan fingerprint density at radius 2 is 1.73 bits per heavy atom. The van der Waals surface area contributed by atoms with Crippen molar-refractivity contribution in [2.24, 2.45) is 10.7 Å². The smallest absolute Gasteiger partial charge is 0.133 e. The van der Waals surface area contributed by atoms with E-state index in [1.165, 1.54) is 31.0 Å². The second kappa shape index (κ2) is 15.1. The van der Waals surface area contributed by atoms with Crippen LogP contribution in [0.15, 0.2) is 42.2 Å². The lowest BCUT2D eigenvalue weighted by Gasteiger charge is -2.08. The summed E-state index contributed by atoms with van der Waals surface area (Å²) in [6, 6.07) is 3.76. The van der Waals surface area contributed by atoms with Crippen LogP contribution < -0.4 is 5.73 Å². The minimum Gasteiger partial charge on any atom is -0.404 e. The van der Waals surface area contributed by atoms with Crippen molar-refractivity contribution in [1.29, 1.82) is 0 Å². The number of aromatic nitrogens is 2. The number of rotatable bonds is 6. The summed E-state index contributed by atoms with van der Waals surface area (Å²) in [6.07, 6.45) is 8.01. The zero-order valence-corrected chi connectivity index (χ0v) is 19.1. The fourth-order valence-corrected chi connectivity index (χ4v) is 2.45. The quantitative estimate of drug-likeness (QED) is 0.513. The van der Waals surface area contributed by atoms with Gasteiger partial charge in [0.05, 0.1) is 11.9 Å². The van der Waals surface area contributed by atoms with Gasteiger partial charge in [0, 0.05) is 30.1 Å². The number of hydrogen-bond donors (Lipinski definition) is 2. The molecule has 4 nitrogen and oxygen atoms in total. The predicted molar refractivity (Wildman–Crippen MR) is 125 cm³/mol. The predicted octanol–water partition coefficient (Wildman–Crippen LogP) is 6.69. The van der Waals surface area contributed by atoms with Gasteiger partial charge in [-0.1, -0.05) is 52.7 Å². The zero-order chi connectivity index (χ0) is 23.1.